The summed E-state index contributed by atoms with van der Waals surface area (Å²) in [6.07, 6.45) is 0.637. The molecule has 2 N–H and O–H groups in total. The van der Waals surface area contributed by atoms with Crippen molar-refractivity contribution in [2.24, 2.45) is 0 Å². The average molecular weight is 583 g/mol. The molecule has 2 atom stereocenters. The summed E-state index contributed by atoms with van der Waals surface area (Å²) in [5, 5.41) is 13.9. The van der Waals surface area contributed by atoms with Gasteiger partial charge in [-0.2, -0.15) is 5.26 Å². The van der Waals surface area contributed by atoms with E-state index in [-0.39, 0.29) is 6.54 Å². The molecule has 9 nitrogen and oxygen atoms in total. The van der Waals surface area contributed by atoms with Crippen molar-refractivity contribution >= 4 is 16.6 Å². The van der Waals surface area contributed by atoms with E-state index in [1.807, 2.05) is 12.1 Å². The number of methoxy groups -OCH3 is 1. The predicted octanol–water partition coefficient (Wildman–Crippen LogP) is 4.38. The van der Waals surface area contributed by atoms with Gasteiger partial charge < -0.3 is 29.4 Å². The summed E-state index contributed by atoms with van der Waals surface area (Å²) in [7, 11) is 1.72. The lowest BCUT2D eigenvalue weighted by atomic mass is 10.0. The lowest BCUT2D eigenvalue weighted by Crippen LogP contribution is -2.56. The minimum Gasteiger partial charge on any atom is -0.495 e. The van der Waals surface area contributed by atoms with E-state index in [1.165, 1.54) is 0 Å². The maximum atomic E-state index is 14.4. The van der Waals surface area contributed by atoms with Crippen molar-refractivity contribution in [1.82, 2.24) is 20.2 Å². The van der Waals surface area contributed by atoms with Crippen molar-refractivity contribution in [1.29, 1.82) is 5.26 Å². The van der Waals surface area contributed by atoms with Crippen LogP contribution in [0, 0.1) is 11.3 Å². The van der Waals surface area contributed by atoms with Crippen molar-refractivity contribution in [3.8, 4) is 40.1 Å². The van der Waals surface area contributed by atoms with Gasteiger partial charge in [0, 0.05) is 66.6 Å². The molecule has 0 unspecified atom stereocenters. The van der Waals surface area contributed by atoms with Crippen LogP contribution in [-0.2, 0) is 4.74 Å². The number of nitriles is 1. The van der Waals surface area contributed by atoms with Crippen molar-refractivity contribution in [3.05, 3.63) is 60.3 Å². The predicted molar refractivity (Wildman–Crippen MR) is 163 cm³/mol. The van der Waals surface area contributed by atoms with E-state index < -0.39 is 12.3 Å². The number of rotatable bonds is 7. The number of aromatic nitrogens is 2. The van der Waals surface area contributed by atoms with Gasteiger partial charge in [0.15, 0.2) is 0 Å². The molecule has 2 aromatic carbocycles. The molecule has 3 fully saturated rings. The number of alkyl halides is 1. The number of fused-ring (bicyclic) bond motifs is 1. The van der Waals surface area contributed by atoms with E-state index in [9.17, 15) is 9.65 Å². The molecule has 2 aromatic heterocycles. The van der Waals surface area contributed by atoms with Crippen LogP contribution < -0.4 is 19.7 Å². The molecule has 0 aliphatic carbocycles. The van der Waals surface area contributed by atoms with Crippen molar-refractivity contribution in [3.63, 3.8) is 0 Å². The van der Waals surface area contributed by atoms with Gasteiger partial charge in [0.25, 0.3) is 0 Å². The molecule has 0 spiro atoms. The third kappa shape index (κ3) is 5.40. The zero-order valence-electron chi connectivity index (χ0n) is 24.2. The van der Waals surface area contributed by atoms with Crippen LogP contribution in [-0.4, -0.2) is 92.8 Å². The number of hydrogen-bond acceptors (Lipinski definition) is 8. The van der Waals surface area contributed by atoms with Crippen LogP contribution in [0.3, 0.4) is 0 Å². The minimum absolute atomic E-state index is 0.258. The van der Waals surface area contributed by atoms with Gasteiger partial charge in [-0.3, -0.25) is 9.88 Å². The van der Waals surface area contributed by atoms with Gasteiger partial charge in [-0.15, -0.1) is 0 Å². The Morgan fingerprint density at radius 2 is 1.86 bits per heavy atom. The summed E-state index contributed by atoms with van der Waals surface area (Å²) in [5.74, 6) is 1.24. The average Bonchev–Trinajstić information content (AvgIpc) is 3.46. The molecular weight excluding hydrogens is 547 g/mol. The summed E-state index contributed by atoms with van der Waals surface area (Å²) in [5.41, 5.74) is 5.91. The second-order valence-electron chi connectivity index (χ2n) is 11.4. The summed E-state index contributed by atoms with van der Waals surface area (Å²) >= 11 is 0. The Morgan fingerprint density at radius 3 is 2.60 bits per heavy atom. The number of hydrogen-bond donors (Lipinski definition) is 2. The topological polar surface area (TPSA) is 98.7 Å². The number of ether oxygens (including phenoxy) is 3. The molecule has 0 saturated carbocycles. The highest BCUT2D eigenvalue weighted by molar-refractivity contribution is 5.96. The van der Waals surface area contributed by atoms with Gasteiger partial charge in [-0.05, 0) is 55.4 Å². The van der Waals surface area contributed by atoms with Crippen molar-refractivity contribution in [2.75, 3.05) is 64.5 Å². The normalized spacial score (nSPS) is 21.4. The summed E-state index contributed by atoms with van der Waals surface area (Å²) in [6.45, 7) is 6.58. The third-order valence-electron chi connectivity index (χ3n) is 8.83. The van der Waals surface area contributed by atoms with Gasteiger partial charge in [0.1, 0.15) is 29.8 Å². The quantitative estimate of drug-likeness (QED) is 0.332. The number of piperazine rings is 1. The van der Waals surface area contributed by atoms with Gasteiger partial charge in [0.05, 0.1) is 43.3 Å². The minimum atomic E-state index is -1.11. The fourth-order valence-corrected chi connectivity index (χ4v) is 6.27. The lowest BCUT2D eigenvalue weighted by molar-refractivity contribution is -0.0660. The number of H-pyrrole nitrogens is 1. The number of aromatic amines is 1. The molecular formula is C33H35FN6O3. The van der Waals surface area contributed by atoms with Gasteiger partial charge in [-0.25, -0.2) is 4.39 Å². The summed E-state index contributed by atoms with van der Waals surface area (Å²) in [6, 6.07) is 18.6. The van der Waals surface area contributed by atoms with Crippen LogP contribution in [0.25, 0.3) is 33.4 Å². The molecule has 43 heavy (non-hydrogen) atoms. The van der Waals surface area contributed by atoms with Crippen LogP contribution in [0.5, 0.6) is 11.5 Å². The van der Waals surface area contributed by atoms with Crippen LogP contribution >= 0.6 is 0 Å². The molecule has 4 aromatic rings. The summed E-state index contributed by atoms with van der Waals surface area (Å²) in [4.78, 5) is 13.1. The number of nitrogens with one attached hydrogen (secondary N) is 2. The number of pyridine rings is 1. The first-order valence-corrected chi connectivity index (χ1v) is 14.9. The number of nitrogens with zero attached hydrogens (tertiary/aromatic N) is 4. The monoisotopic (exact) mass is 582 g/mol. The highest BCUT2D eigenvalue weighted by atomic mass is 19.1. The highest BCUT2D eigenvalue weighted by Crippen LogP contribution is 2.37. The third-order valence-corrected chi connectivity index (χ3v) is 8.83. The van der Waals surface area contributed by atoms with Crippen LogP contribution in [0.2, 0.25) is 0 Å². The fourth-order valence-electron chi connectivity index (χ4n) is 6.27. The number of halogens is 1. The zero-order valence-corrected chi connectivity index (χ0v) is 24.2. The Labute approximate surface area is 250 Å². The second-order valence-corrected chi connectivity index (χ2v) is 11.4. The van der Waals surface area contributed by atoms with E-state index in [1.54, 1.807) is 25.4 Å². The van der Waals surface area contributed by atoms with Gasteiger partial charge in [-0.1, -0.05) is 6.07 Å². The largest absolute Gasteiger partial charge is 0.495 e. The molecule has 3 saturated heterocycles. The fraction of sp³-hybridized carbons (Fsp3) is 0.394. The summed E-state index contributed by atoms with van der Waals surface area (Å²) < 4.78 is 31.5. The first-order chi connectivity index (χ1) is 21.1. The van der Waals surface area contributed by atoms with E-state index in [2.05, 4.69) is 55.4 Å². The van der Waals surface area contributed by atoms with E-state index in [4.69, 9.17) is 14.2 Å². The smallest absolute Gasteiger partial charge is 0.149 e. The highest BCUT2D eigenvalue weighted by Gasteiger charge is 2.30. The molecule has 0 amide bonds. The first kappa shape index (κ1) is 27.7. The van der Waals surface area contributed by atoms with E-state index >= 15 is 0 Å². The Morgan fingerprint density at radius 1 is 1.02 bits per heavy atom. The maximum absolute atomic E-state index is 14.4. The molecule has 3 aliphatic rings. The lowest BCUT2D eigenvalue weighted by Gasteiger charge is -2.43. The molecule has 7 rings (SSSR count). The number of piperidine rings is 1. The van der Waals surface area contributed by atoms with Crippen molar-refractivity contribution in [2.45, 2.75) is 24.7 Å². The van der Waals surface area contributed by atoms with E-state index in [0.717, 1.165) is 84.2 Å². The van der Waals surface area contributed by atoms with Gasteiger partial charge >= 0.3 is 0 Å². The molecule has 0 radical (unpaired) electrons. The molecule has 0 bridgehead atoms. The Bertz CT molecular complexity index is 1660. The number of benzene rings is 2. The molecule has 5 heterocycles. The van der Waals surface area contributed by atoms with Crippen LogP contribution in [0.4, 0.5) is 10.1 Å². The zero-order chi connectivity index (χ0) is 29.3. The first-order valence-electron chi connectivity index (χ1n) is 14.9. The Kier molecular flexibility index (Phi) is 7.61. The van der Waals surface area contributed by atoms with Crippen LogP contribution in [0.15, 0.2) is 54.7 Å². The Hall–Kier alpha value is -4.17. The van der Waals surface area contributed by atoms with Gasteiger partial charge in [0.2, 0.25) is 0 Å². The number of anilines is 1. The molecule has 3 aliphatic heterocycles. The standard InChI is InChI=1S/C33H35FN6O3/c1-41-32-15-21(2-4-29(32)40-12-10-39(11-13-40)24-19-42-20-24)28-16-25-27(38-28)6-9-37-33(25)22-3-5-30(23(14-22)17-35)43-31-7-8-36-18-26(31)34/h2-6,9,14-16,24,26,31,36,38H,7-8,10-13,18-20H2,1H3/t26-,31+/m1/s1. The second kappa shape index (κ2) is 11.8. The SMILES string of the molecule is COc1cc(-c2cc3c(-c4ccc(O[C@H]5CCNC[C@H]5F)c(C#N)c4)nccc3[nH]2)ccc1N1CCN(C2COC2)CC1. The van der Waals surface area contributed by atoms with E-state index in [0.29, 0.717) is 30.3 Å². The van der Waals surface area contributed by atoms with Crippen LogP contribution in [0.1, 0.15) is 12.0 Å². The molecule has 10 heteroatoms. The molecule has 222 valence electrons. The van der Waals surface area contributed by atoms with Crippen molar-refractivity contribution < 1.29 is 18.6 Å². The maximum Gasteiger partial charge on any atom is 0.149 e. The Balaban J connectivity index is 1.14.